The lowest BCUT2D eigenvalue weighted by atomic mass is 10.2. The fourth-order valence-electron chi connectivity index (χ4n) is 1.36. The Labute approximate surface area is 121 Å². The van der Waals surface area contributed by atoms with Crippen molar-refractivity contribution in [1.82, 2.24) is 14.9 Å². The van der Waals surface area contributed by atoms with Crippen LogP contribution in [0.2, 0.25) is 0 Å². The van der Waals surface area contributed by atoms with Crippen LogP contribution in [0.25, 0.3) is 0 Å². The van der Waals surface area contributed by atoms with E-state index in [-0.39, 0.29) is 0 Å². The zero-order chi connectivity index (χ0) is 13.0. The molecule has 0 amide bonds. The largest absolute Gasteiger partial charge is 0.492 e. The Morgan fingerprint density at radius 1 is 1.33 bits per heavy atom. The second-order valence-corrected chi connectivity index (χ2v) is 5.10. The Kier molecular flexibility index (Phi) is 4.48. The van der Waals surface area contributed by atoms with Crippen LogP contribution in [0.1, 0.15) is 12.5 Å². The van der Waals surface area contributed by atoms with Gasteiger partial charge in [-0.3, -0.25) is 0 Å². The van der Waals surface area contributed by atoms with Gasteiger partial charge in [0.15, 0.2) is 0 Å². The predicted octanol–water partition coefficient (Wildman–Crippen LogP) is 3.08. The molecule has 0 radical (unpaired) electrons. The fraction of sp³-hybridized carbons (Fsp3) is 0.182. The normalized spacial score (nSPS) is 11.1. The van der Waals surface area contributed by atoms with Gasteiger partial charge in [0.1, 0.15) is 18.4 Å². The van der Waals surface area contributed by atoms with Crippen molar-refractivity contribution in [2.24, 2.45) is 5.10 Å². The average Bonchev–Trinajstić information content (AvgIpc) is 2.83. The van der Waals surface area contributed by atoms with E-state index in [0.717, 1.165) is 20.3 Å². The molecule has 0 atom stereocenters. The molecule has 0 saturated carbocycles. The molecule has 2 aromatic rings. The van der Waals surface area contributed by atoms with Crippen LogP contribution in [-0.2, 0) is 0 Å². The molecule has 1 aromatic heterocycles. The summed E-state index contributed by atoms with van der Waals surface area (Å²) in [5.41, 5.74) is 0.867. The van der Waals surface area contributed by atoms with Crippen LogP contribution < -0.4 is 4.74 Å². The van der Waals surface area contributed by atoms with Gasteiger partial charge in [-0.2, -0.15) is 5.10 Å². The number of hydrogen-bond acceptors (Lipinski definition) is 4. The number of benzene rings is 1. The molecule has 7 heteroatoms. The van der Waals surface area contributed by atoms with Gasteiger partial charge < -0.3 is 4.74 Å². The smallest absolute Gasteiger partial charge is 0.142 e. The summed E-state index contributed by atoms with van der Waals surface area (Å²) in [4.78, 5) is 0. The fourth-order valence-corrected chi connectivity index (χ4v) is 2.73. The Morgan fingerprint density at radius 2 is 2.06 bits per heavy atom. The molecule has 0 saturated heterocycles. The van der Waals surface area contributed by atoms with Crippen molar-refractivity contribution in [1.29, 1.82) is 0 Å². The third-order valence-corrected chi connectivity index (χ3v) is 3.11. The average molecular weight is 374 g/mol. The summed E-state index contributed by atoms with van der Waals surface area (Å²) in [5.74, 6) is 0.762. The first kappa shape index (κ1) is 13.2. The number of nitrogens with zero attached hydrogens (tertiary/aromatic N) is 4. The molecular formula is C11H10Br2N4O. The first-order valence-electron chi connectivity index (χ1n) is 5.21. The monoisotopic (exact) mass is 372 g/mol. The molecule has 0 N–H and O–H groups in total. The molecule has 18 heavy (non-hydrogen) atoms. The van der Waals surface area contributed by atoms with Gasteiger partial charge in [0.05, 0.1) is 17.3 Å². The van der Waals surface area contributed by atoms with E-state index in [9.17, 15) is 0 Å². The SMILES string of the molecule is CCOc1c(Br)cc(Br)cc1/C=N\n1cnnc1. The summed E-state index contributed by atoms with van der Waals surface area (Å²) in [6.07, 6.45) is 4.73. The van der Waals surface area contributed by atoms with Gasteiger partial charge in [0, 0.05) is 10.0 Å². The van der Waals surface area contributed by atoms with Gasteiger partial charge in [-0.15, -0.1) is 10.2 Å². The number of hydrogen-bond donors (Lipinski definition) is 0. The third-order valence-electron chi connectivity index (χ3n) is 2.06. The maximum absolute atomic E-state index is 5.59. The second-order valence-electron chi connectivity index (χ2n) is 3.33. The van der Waals surface area contributed by atoms with E-state index in [0.29, 0.717) is 6.61 Å². The minimum absolute atomic E-state index is 0.591. The Balaban J connectivity index is 2.36. The number of ether oxygens (including phenoxy) is 1. The zero-order valence-electron chi connectivity index (χ0n) is 9.55. The van der Waals surface area contributed by atoms with Crippen LogP contribution in [0.5, 0.6) is 5.75 Å². The maximum Gasteiger partial charge on any atom is 0.142 e. The Hall–Kier alpha value is -1.21. The highest BCUT2D eigenvalue weighted by molar-refractivity contribution is 9.11. The summed E-state index contributed by atoms with van der Waals surface area (Å²) in [6.45, 7) is 2.53. The molecule has 0 fully saturated rings. The molecular weight excluding hydrogens is 364 g/mol. The number of aromatic nitrogens is 3. The van der Waals surface area contributed by atoms with Crippen LogP contribution in [0, 0.1) is 0 Å². The van der Waals surface area contributed by atoms with E-state index in [1.807, 2.05) is 19.1 Å². The molecule has 5 nitrogen and oxygen atoms in total. The molecule has 0 aliphatic carbocycles. The van der Waals surface area contributed by atoms with E-state index in [4.69, 9.17) is 4.74 Å². The molecule has 2 rings (SSSR count). The Morgan fingerprint density at radius 3 is 2.72 bits per heavy atom. The van der Waals surface area contributed by atoms with Crippen molar-refractivity contribution >= 4 is 38.1 Å². The van der Waals surface area contributed by atoms with Crippen LogP contribution in [-0.4, -0.2) is 27.7 Å². The van der Waals surface area contributed by atoms with Gasteiger partial charge in [-0.05, 0) is 35.0 Å². The van der Waals surface area contributed by atoms with Crippen LogP contribution in [0.3, 0.4) is 0 Å². The van der Waals surface area contributed by atoms with E-state index in [2.05, 4.69) is 47.2 Å². The minimum atomic E-state index is 0.591. The van der Waals surface area contributed by atoms with Crippen molar-refractivity contribution in [3.05, 3.63) is 39.3 Å². The Bertz CT molecular complexity index is 554. The topological polar surface area (TPSA) is 52.3 Å². The van der Waals surface area contributed by atoms with Gasteiger partial charge in [0.25, 0.3) is 0 Å². The minimum Gasteiger partial charge on any atom is -0.492 e. The summed E-state index contributed by atoms with van der Waals surface area (Å²) < 4.78 is 8.94. The van der Waals surface area contributed by atoms with E-state index >= 15 is 0 Å². The molecule has 0 aliphatic heterocycles. The maximum atomic E-state index is 5.59. The van der Waals surface area contributed by atoms with E-state index in [1.165, 1.54) is 17.3 Å². The lowest BCUT2D eigenvalue weighted by molar-refractivity contribution is 0.337. The van der Waals surface area contributed by atoms with Crippen molar-refractivity contribution in [3.8, 4) is 5.75 Å². The molecule has 0 unspecified atom stereocenters. The van der Waals surface area contributed by atoms with Crippen molar-refractivity contribution in [3.63, 3.8) is 0 Å². The first-order valence-corrected chi connectivity index (χ1v) is 6.80. The molecule has 0 spiro atoms. The quantitative estimate of drug-likeness (QED) is 0.774. The highest BCUT2D eigenvalue weighted by Gasteiger charge is 2.08. The molecule has 0 bridgehead atoms. The highest BCUT2D eigenvalue weighted by Crippen LogP contribution is 2.32. The van der Waals surface area contributed by atoms with Gasteiger partial charge >= 0.3 is 0 Å². The zero-order valence-corrected chi connectivity index (χ0v) is 12.7. The lowest BCUT2D eigenvalue weighted by Crippen LogP contribution is -1.98. The summed E-state index contributed by atoms with van der Waals surface area (Å²) in [6, 6.07) is 3.87. The lowest BCUT2D eigenvalue weighted by Gasteiger charge is -2.09. The molecule has 94 valence electrons. The predicted molar refractivity (Wildman–Crippen MR) is 76.0 cm³/mol. The van der Waals surface area contributed by atoms with Crippen molar-refractivity contribution < 1.29 is 4.74 Å². The number of rotatable bonds is 4. The molecule has 1 heterocycles. The van der Waals surface area contributed by atoms with Gasteiger partial charge in [-0.25, -0.2) is 4.68 Å². The van der Waals surface area contributed by atoms with Crippen LogP contribution >= 0.6 is 31.9 Å². The number of halogens is 2. The van der Waals surface area contributed by atoms with E-state index < -0.39 is 0 Å². The van der Waals surface area contributed by atoms with E-state index in [1.54, 1.807) is 6.21 Å². The summed E-state index contributed by atoms with van der Waals surface area (Å²) in [5, 5.41) is 11.6. The van der Waals surface area contributed by atoms with Crippen LogP contribution in [0.4, 0.5) is 0 Å². The third kappa shape index (κ3) is 3.17. The molecule has 0 aliphatic rings. The van der Waals surface area contributed by atoms with Crippen molar-refractivity contribution in [2.75, 3.05) is 6.61 Å². The highest BCUT2D eigenvalue weighted by atomic mass is 79.9. The van der Waals surface area contributed by atoms with Crippen LogP contribution in [0.15, 0.2) is 38.8 Å². The summed E-state index contributed by atoms with van der Waals surface area (Å²) in [7, 11) is 0. The first-order chi connectivity index (χ1) is 8.70. The van der Waals surface area contributed by atoms with Crippen molar-refractivity contribution in [2.45, 2.75) is 6.92 Å². The second kappa shape index (κ2) is 6.10. The standard InChI is InChI=1S/C11H10Br2N4O/c1-2-18-11-8(3-9(12)4-10(11)13)5-16-17-6-14-15-7-17/h3-7H,2H2,1H3/b16-5-. The van der Waals surface area contributed by atoms with Gasteiger partial charge in [-0.1, -0.05) is 15.9 Å². The summed E-state index contributed by atoms with van der Waals surface area (Å²) >= 11 is 6.91. The van der Waals surface area contributed by atoms with Gasteiger partial charge in [0.2, 0.25) is 0 Å². The molecule has 1 aromatic carbocycles.